The molecule has 0 saturated carbocycles. The van der Waals surface area contributed by atoms with E-state index in [1.54, 1.807) is 25.1 Å². The van der Waals surface area contributed by atoms with Crippen LogP contribution in [0.1, 0.15) is 10.4 Å². The predicted octanol–water partition coefficient (Wildman–Crippen LogP) is 2.99. The van der Waals surface area contributed by atoms with Crippen LogP contribution in [0.3, 0.4) is 0 Å². The van der Waals surface area contributed by atoms with Gasteiger partial charge in [0.2, 0.25) is 5.78 Å². The van der Waals surface area contributed by atoms with Gasteiger partial charge in [-0.15, -0.1) is 0 Å². The molecule has 2 aromatic rings. The Morgan fingerprint density at radius 3 is 2.47 bits per heavy atom. The maximum Gasteiger partial charge on any atom is 0.205 e. The number of hydrogen-bond acceptors (Lipinski definition) is 3. The minimum absolute atomic E-state index is 0.139. The number of allylic oxidation sites excluding steroid dienone is 1. The summed E-state index contributed by atoms with van der Waals surface area (Å²) in [5.74, 6) is -0.248. The van der Waals surface area contributed by atoms with E-state index in [1.807, 2.05) is 42.5 Å². The van der Waals surface area contributed by atoms with Gasteiger partial charge in [0.1, 0.15) is 11.6 Å². The summed E-state index contributed by atoms with van der Waals surface area (Å²) in [6, 6.07) is 15.2. The van der Waals surface area contributed by atoms with Crippen LogP contribution < -0.4 is 0 Å². The monoisotopic (exact) mass is 250 g/mol. The first-order valence-corrected chi connectivity index (χ1v) is 5.93. The van der Waals surface area contributed by atoms with Gasteiger partial charge in [-0.3, -0.25) is 4.79 Å². The molecule has 2 rings (SSSR count). The Morgan fingerprint density at radius 2 is 1.84 bits per heavy atom. The van der Waals surface area contributed by atoms with E-state index in [2.05, 4.69) is 0 Å². The average molecular weight is 250 g/mol. The first-order chi connectivity index (χ1) is 9.11. The van der Waals surface area contributed by atoms with E-state index in [0.717, 1.165) is 10.8 Å². The number of hydrogen-bond donors (Lipinski definition) is 0. The van der Waals surface area contributed by atoms with Crippen LogP contribution in [-0.4, -0.2) is 24.8 Å². The largest absolute Gasteiger partial charge is 0.382 e. The fourth-order valence-corrected chi connectivity index (χ4v) is 1.88. The molecule has 0 aliphatic heterocycles. The second kappa shape index (κ2) is 5.36. The summed E-state index contributed by atoms with van der Waals surface area (Å²) in [7, 11) is 3.57. The van der Waals surface area contributed by atoms with Crippen molar-refractivity contribution >= 4 is 16.6 Å². The Labute approximate surface area is 112 Å². The Morgan fingerprint density at radius 1 is 1.16 bits per heavy atom. The summed E-state index contributed by atoms with van der Waals surface area (Å²) in [6.45, 7) is 0. The molecule has 0 unspecified atom stereocenters. The molecule has 3 nitrogen and oxygen atoms in total. The third-order valence-corrected chi connectivity index (χ3v) is 2.76. The zero-order valence-corrected chi connectivity index (χ0v) is 10.9. The second-order valence-corrected chi connectivity index (χ2v) is 4.51. The van der Waals surface area contributed by atoms with Gasteiger partial charge in [0, 0.05) is 25.9 Å². The number of fused-ring (bicyclic) bond motifs is 1. The standard InChI is InChI=1S/C16H14N2O/c1-18(2)11-15(10-17)16(19)14-8-7-12-5-3-4-6-13(12)9-14/h3-9,11H,1-2H3. The maximum absolute atomic E-state index is 12.2. The van der Waals surface area contributed by atoms with Crippen LogP contribution in [0, 0.1) is 11.3 Å². The number of ketones is 1. The molecular formula is C16H14N2O. The molecule has 0 radical (unpaired) electrons. The first-order valence-electron chi connectivity index (χ1n) is 5.93. The van der Waals surface area contributed by atoms with E-state index in [0.29, 0.717) is 5.56 Å². The number of Topliss-reactive ketones (excluding diaryl/α,β-unsaturated/α-hetero) is 1. The molecule has 94 valence electrons. The first kappa shape index (κ1) is 12.8. The van der Waals surface area contributed by atoms with Crippen molar-refractivity contribution in [2.24, 2.45) is 0 Å². The van der Waals surface area contributed by atoms with Crippen molar-refractivity contribution in [3.05, 3.63) is 59.8 Å². The molecular weight excluding hydrogens is 236 g/mol. The van der Waals surface area contributed by atoms with E-state index in [9.17, 15) is 4.79 Å². The molecule has 0 amide bonds. The fourth-order valence-electron chi connectivity index (χ4n) is 1.88. The molecule has 0 aliphatic rings. The molecule has 0 fully saturated rings. The quantitative estimate of drug-likeness (QED) is 0.478. The van der Waals surface area contributed by atoms with Gasteiger partial charge < -0.3 is 4.90 Å². The predicted molar refractivity (Wildman–Crippen MR) is 75.7 cm³/mol. The van der Waals surface area contributed by atoms with Crippen LogP contribution in [0.25, 0.3) is 10.8 Å². The van der Waals surface area contributed by atoms with Crippen LogP contribution in [0.5, 0.6) is 0 Å². The summed E-state index contributed by atoms with van der Waals surface area (Å²) in [5.41, 5.74) is 0.675. The summed E-state index contributed by atoms with van der Waals surface area (Å²) in [4.78, 5) is 13.9. The zero-order chi connectivity index (χ0) is 13.8. The lowest BCUT2D eigenvalue weighted by molar-refractivity contribution is 0.103. The van der Waals surface area contributed by atoms with Gasteiger partial charge in [-0.2, -0.15) is 5.26 Å². The third kappa shape index (κ3) is 2.80. The van der Waals surface area contributed by atoms with E-state index in [-0.39, 0.29) is 11.4 Å². The number of carbonyl (C=O) groups is 1. The smallest absolute Gasteiger partial charge is 0.205 e. The number of nitrogens with zero attached hydrogens (tertiary/aromatic N) is 2. The number of nitriles is 1. The van der Waals surface area contributed by atoms with E-state index < -0.39 is 0 Å². The van der Waals surface area contributed by atoms with Crippen LogP contribution in [0.15, 0.2) is 54.2 Å². The number of benzene rings is 2. The van der Waals surface area contributed by atoms with Gasteiger partial charge >= 0.3 is 0 Å². The van der Waals surface area contributed by atoms with Gasteiger partial charge in [-0.05, 0) is 16.8 Å². The Hall–Kier alpha value is -2.60. The van der Waals surface area contributed by atoms with Crippen LogP contribution >= 0.6 is 0 Å². The lowest BCUT2D eigenvalue weighted by Crippen LogP contribution is -2.08. The van der Waals surface area contributed by atoms with E-state index >= 15 is 0 Å². The van der Waals surface area contributed by atoms with Gasteiger partial charge in [0.15, 0.2) is 0 Å². The third-order valence-electron chi connectivity index (χ3n) is 2.76. The highest BCUT2D eigenvalue weighted by molar-refractivity contribution is 6.12. The number of rotatable bonds is 3. The van der Waals surface area contributed by atoms with Gasteiger partial charge in [-0.25, -0.2) is 0 Å². The van der Waals surface area contributed by atoms with Gasteiger partial charge in [-0.1, -0.05) is 36.4 Å². The molecule has 0 aliphatic carbocycles. The summed E-state index contributed by atoms with van der Waals surface area (Å²) in [5, 5.41) is 11.1. The molecule has 0 aromatic heterocycles. The van der Waals surface area contributed by atoms with Crippen molar-refractivity contribution in [1.29, 1.82) is 5.26 Å². The summed E-state index contributed by atoms with van der Waals surface area (Å²) in [6.07, 6.45) is 1.54. The van der Waals surface area contributed by atoms with Crippen molar-refractivity contribution < 1.29 is 4.79 Å². The second-order valence-electron chi connectivity index (χ2n) is 4.51. The Kier molecular flexibility index (Phi) is 3.63. The molecule has 19 heavy (non-hydrogen) atoms. The molecule has 0 bridgehead atoms. The zero-order valence-electron chi connectivity index (χ0n) is 10.9. The normalized spacial score (nSPS) is 11.1. The average Bonchev–Trinajstić information content (AvgIpc) is 2.43. The summed E-state index contributed by atoms with van der Waals surface area (Å²) >= 11 is 0. The van der Waals surface area contributed by atoms with E-state index in [1.165, 1.54) is 6.20 Å². The molecule has 3 heteroatoms. The molecule has 0 saturated heterocycles. The molecule has 0 atom stereocenters. The lowest BCUT2D eigenvalue weighted by atomic mass is 10.0. The molecule has 0 spiro atoms. The van der Waals surface area contributed by atoms with Gasteiger partial charge in [0.25, 0.3) is 0 Å². The van der Waals surface area contributed by atoms with Crippen LogP contribution in [-0.2, 0) is 0 Å². The van der Waals surface area contributed by atoms with Crippen molar-refractivity contribution in [2.75, 3.05) is 14.1 Å². The van der Waals surface area contributed by atoms with Crippen molar-refractivity contribution in [1.82, 2.24) is 4.90 Å². The maximum atomic E-state index is 12.2. The topological polar surface area (TPSA) is 44.1 Å². The van der Waals surface area contributed by atoms with Gasteiger partial charge in [0.05, 0.1) is 0 Å². The Balaban J connectivity index is 2.44. The van der Waals surface area contributed by atoms with Crippen molar-refractivity contribution in [3.63, 3.8) is 0 Å². The molecule has 2 aromatic carbocycles. The highest BCUT2D eigenvalue weighted by atomic mass is 16.1. The highest BCUT2D eigenvalue weighted by Gasteiger charge is 2.12. The van der Waals surface area contributed by atoms with Crippen LogP contribution in [0.4, 0.5) is 0 Å². The van der Waals surface area contributed by atoms with E-state index in [4.69, 9.17) is 5.26 Å². The minimum atomic E-state index is -0.248. The number of carbonyl (C=O) groups excluding carboxylic acids is 1. The SMILES string of the molecule is CN(C)C=C(C#N)C(=O)c1ccc2ccccc2c1. The minimum Gasteiger partial charge on any atom is -0.382 e. The lowest BCUT2D eigenvalue weighted by Gasteiger charge is -2.06. The van der Waals surface area contributed by atoms with Crippen molar-refractivity contribution in [3.8, 4) is 6.07 Å². The molecule has 0 heterocycles. The fraction of sp³-hybridized carbons (Fsp3) is 0.125. The Bertz CT molecular complexity index is 693. The summed E-state index contributed by atoms with van der Waals surface area (Å²) < 4.78 is 0. The van der Waals surface area contributed by atoms with Crippen molar-refractivity contribution in [2.45, 2.75) is 0 Å². The molecule has 0 N–H and O–H groups in total. The van der Waals surface area contributed by atoms with Crippen LogP contribution in [0.2, 0.25) is 0 Å². The highest BCUT2D eigenvalue weighted by Crippen LogP contribution is 2.17.